The molecule has 1 aromatic carbocycles. The highest BCUT2D eigenvalue weighted by atomic mass is 79.9. The van der Waals surface area contributed by atoms with Crippen LogP contribution in [0.25, 0.3) is 0 Å². The second kappa shape index (κ2) is 10.5. The molecule has 1 aromatic rings. The van der Waals surface area contributed by atoms with E-state index >= 15 is 0 Å². The summed E-state index contributed by atoms with van der Waals surface area (Å²) >= 11 is 3.30. The minimum absolute atomic E-state index is 0.0220. The van der Waals surface area contributed by atoms with E-state index in [0.717, 1.165) is 38.3 Å². The average molecular weight is 450 g/mol. The van der Waals surface area contributed by atoms with Crippen molar-refractivity contribution in [2.45, 2.75) is 33.0 Å². The molecule has 1 saturated heterocycles. The van der Waals surface area contributed by atoms with Crippen molar-refractivity contribution < 1.29 is 18.3 Å². The molecular formula is C19H30BrF2N3O2. The van der Waals surface area contributed by atoms with Gasteiger partial charge in [0.05, 0.1) is 11.6 Å². The van der Waals surface area contributed by atoms with Gasteiger partial charge in [-0.25, -0.2) is 0 Å². The first-order valence-corrected chi connectivity index (χ1v) is 10.1. The largest absolute Gasteiger partial charge is 0.493 e. The molecule has 27 heavy (non-hydrogen) atoms. The lowest BCUT2D eigenvalue weighted by atomic mass is 10.0. The van der Waals surface area contributed by atoms with E-state index in [-0.39, 0.29) is 5.75 Å². The molecular weight excluding hydrogens is 420 g/mol. The summed E-state index contributed by atoms with van der Waals surface area (Å²) in [7, 11) is 3.60. The Morgan fingerprint density at radius 1 is 1.19 bits per heavy atom. The van der Waals surface area contributed by atoms with E-state index in [2.05, 4.69) is 56.7 Å². The normalized spacial score (nSPS) is 17.5. The number of nitrogens with zero attached hydrogens (tertiary/aromatic N) is 2. The van der Waals surface area contributed by atoms with Crippen LogP contribution in [0.15, 0.2) is 16.6 Å². The molecule has 0 saturated carbocycles. The first-order chi connectivity index (χ1) is 12.8. The van der Waals surface area contributed by atoms with Crippen molar-refractivity contribution in [3.8, 4) is 11.5 Å². The number of ether oxygens (including phenoxy) is 2. The highest BCUT2D eigenvalue weighted by Crippen LogP contribution is 2.37. The van der Waals surface area contributed by atoms with Gasteiger partial charge in [0.1, 0.15) is 0 Å². The Morgan fingerprint density at radius 2 is 1.85 bits per heavy atom. The quantitative estimate of drug-likeness (QED) is 0.624. The van der Waals surface area contributed by atoms with Gasteiger partial charge in [-0.05, 0) is 46.6 Å². The van der Waals surface area contributed by atoms with E-state index in [1.165, 1.54) is 7.11 Å². The minimum atomic E-state index is -2.89. The van der Waals surface area contributed by atoms with Crippen molar-refractivity contribution in [3.05, 3.63) is 22.2 Å². The van der Waals surface area contributed by atoms with Gasteiger partial charge in [0.15, 0.2) is 11.5 Å². The molecule has 1 fully saturated rings. The Balaban J connectivity index is 1.97. The first-order valence-electron chi connectivity index (χ1n) is 9.26. The molecule has 5 nitrogen and oxygen atoms in total. The fourth-order valence-electron chi connectivity index (χ4n) is 3.38. The van der Waals surface area contributed by atoms with Crippen molar-refractivity contribution in [2.24, 2.45) is 5.92 Å². The molecule has 154 valence electrons. The number of rotatable bonds is 9. The number of likely N-dealkylation sites (N-methyl/N-ethyl adjacent to an activating group) is 1. The summed E-state index contributed by atoms with van der Waals surface area (Å²) in [5.41, 5.74) is 0.946. The summed E-state index contributed by atoms with van der Waals surface area (Å²) in [5.74, 6) is 0.860. The zero-order valence-corrected chi connectivity index (χ0v) is 18.1. The van der Waals surface area contributed by atoms with Crippen LogP contribution in [0.2, 0.25) is 0 Å². The van der Waals surface area contributed by atoms with Gasteiger partial charge in [0.2, 0.25) is 0 Å². The summed E-state index contributed by atoms with van der Waals surface area (Å²) in [4.78, 5) is 4.90. The Hall–Kier alpha value is -0.960. The summed E-state index contributed by atoms with van der Waals surface area (Å²) in [6.45, 7) is 7.46. The molecule has 2 rings (SSSR count). The summed E-state index contributed by atoms with van der Waals surface area (Å²) in [6.07, 6.45) is 0. The summed E-state index contributed by atoms with van der Waals surface area (Å²) in [6, 6.07) is 3.98. The standard InChI is InChI=1S/C19H30BrF2N3O2/c1-13(2)16(25-7-5-24(3)6-8-25)12-23-11-14-9-15(20)18(27-19(21)22)17(10-14)26-4/h9-10,13,16,19,23H,5-8,11-12H2,1-4H3. The second-order valence-electron chi connectivity index (χ2n) is 7.27. The number of benzene rings is 1. The zero-order chi connectivity index (χ0) is 20.0. The van der Waals surface area contributed by atoms with Crippen LogP contribution in [0.5, 0.6) is 11.5 Å². The van der Waals surface area contributed by atoms with Gasteiger partial charge in [-0.15, -0.1) is 0 Å². The van der Waals surface area contributed by atoms with E-state index < -0.39 is 6.61 Å². The van der Waals surface area contributed by atoms with Crippen LogP contribution in [-0.4, -0.2) is 69.3 Å². The lowest BCUT2D eigenvalue weighted by Gasteiger charge is -2.40. The van der Waals surface area contributed by atoms with Crippen molar-refractivity contribution in [1.29, 1.82) is 0 Å². The molecule has 1 atom stereocenters. The van der Waals surface area contributed by atoms with Crippen LogP contribution in [0, 0.1) is 5.92 Å². The third kappa shape index (κ3) is 6.55. The molecule has 0 bridgehead atoms. The predicted molar refractivity (Wildman–Crippen MR) is 107 cm³/mol. The highest BCUT2D eigenvalue weighted by molar-refractivity contribution is 9.10. The topological polar surface area (TPSA) is 37.0 Å². The number of piperazine rings is 1. The SMILES string of the molecule is COc1cc(CNCC(C(C)C)N2CCN(C)CC2)cc(Br)c1OC(F)F. The van der Waals surface area contributed by atoms with Crippen LogP contribution in [0.3, 0.4) is 0 Å². The van der Waals surface area contributed by atoms with Gasteiger partial charge >= 0.3 is 6.61 Å². The number of hydrogen-bond donors (Lipinski definition) is 1. The third-order valence-corrected chi connectivity index (χ3v) is 5.54. The van der Waals surface area contributed by atoms with Gasteiger partial charge < -0.3 is 19.7 Å². The molecule has 1 heterocycles. The molecule has 1 aliphatic heterocycles. The van der Waals surface area contributed by atoms with Crippen LogP contribution < -0.4 is 14.8 Å². The Bertz CT molecular complexity index is 597. The Kier molecular flexibility index (Phi) is 8.72. The Labute approximate surface area is 169 Å². The maximum atomic E-state index is 12.6. The number of methoxy groups -OCH3 is 1. The maximum Gasteiger partial charge on any atom is 0.387 e. The van der Waals surface area contributed by atoms with E-state index in [1.807, 2.05) is 0 Å². The third-order valence-electron chi connectivity index (χ3n) is 4.96. The summed E-state index contributed by atoms with van der Waals surface area (Å²) in [5, 5.41) is 3.51. The van der Waals surface area contributed by atoms with Gasteiger partial charge in [-0.1, -0.05) is 13.8 Å². The first kappa shape index (κ1) is 22.3. The van der Waals surface area contributed by atoms with Gasteiger partial charge in [0, 0.05) is 45.3 Å². The minimum Gasteiger partial charge on any atom is -0.493 e. The summed E-state index contributed by atoms with van der Waals surface area (Å²) < 4.78 is 35.3. The van der Waals surface area contributed by atoms with Crippen molar-refractivity contribution in [2.75, 3.05) is 46.9 Å². The molecule has 0 spiro atoms. The van der Waals surface area contributed by atoms with E-state index in [4.69, 9.17) is 4.74 Å². The van der Waals surface area contributed by atoms with Gasteiger partial charge in [-0.2, -0.15) is 8.78 Å². The lowest BCUT2D eigenvalue weighted by molar-refractivity contribution is -0.0517. The van der Waals surface area contributed by atoms with E-state index in [0.29, 0.717) is 28.7 Å². The van der Waals surface area contributed by atoms with E-state index in [1.54, 1.807) is 12.1 Å². The second-order valence-corrected chi connectivity index (χ2v) is 8.12. The smallest absolute Gasteiger partial charge is 0.387 e. The van der Waals surface area contributed by atoms with Crippen LogP contribution in [0.4, 0.5) is 8.78 Å². The number of nitrogens with one attached hydrogen (secondary N) is 1. The molecule has 1 aliphatic rings. The van der Waals surface area contributed by atoms with E-state index in [9.17, 15) is 8.78 Å². The number of halogens is 3. The van der Waals surface area contributed by atoms with Crippen LogP contribution in [-0.2, 0) is 6.54 Å². The fraction of sp³-hybridized carbons (Fsp3) is 0.684. The van der Waals surface area contributed by atoms with Crippen molar-refractivity contribution in [1.82, 2.24) is 15.1 Å². The lowest BCUT2D eigenvalue weighted by Crippen LogP contribution is -2.53. The Morgan fingerprint density at radius 3 is 2.41 bits per heavy atom. The van der Waals surface area contributed by atoms with Crippen LogP contribution >= 0.6 is 15.9 Å². The number of alkyl halides is 2. The number of hydrogen-bond acceptors (Lipinski definition) is 5. The van der Waals surface area contributed by atoms with Gasteiger partial charge in [0.25, 0.3) is 0 Å². The average Bonchev–Trinajstić information content (AvgIpc) is 2.61. The molecule has 0 radical (unpaired) electrons. The highest BCUT2D eigenvalue weighted by Gasteiger charge is 2.24. The monoisotopic (exact) mass is 449 g/mol. The maximum absolute atomic E-state index is 12.6. The van der Waals surface area contributed by atoms with Crippen molar-refractivity contribution in [3.63, 3.8) is 0 Å². The molecule has 0 aliphatic carbocycles. The van der Waals surface area contributed by atoms with Crippen molar-refractivity contribution >= 4 is 15.9 Å². The van der Waals surface area contributed by atoms with Crippen LogP contribution in [0.1, 0.15) is 19.4 Å². The zero-order valence-electron chi connectivity index (χ0n) is 16.5. The predicted octanol–water partition coefficient (Wildman–Crippen LogP) is 3.42. The molecule has 1 unspecified atom stereocenters. The molecule has 8 heteroatoms. The molecule has 0 amide bonds. The molecule has 0 aromatic heterocycles. The van der Waals surface area contributed by atoms with Gasteiger partial charge in [-0.3, -0.25) is 4.90 Å². The fourth-order valence-corrected chi connectivity index (χ4v) is 3.97. The molecule has 1 N–H and O–H groups in total.